The second-order valence-corrected chi connectivity index (χ2v) is 5.67. The summed E-state index contributed by atoms with van der Waals surface area (Å²) in [7, 11) is 2.16. The van der Waals surface area contributed by atoms with E-state index in [9.17, 15) is 4.39 Å². The van der Waals surface area contributed by atoms with Crippen molar-refractivity contribution in [2.24, 2.45) is 0 Å². The lowest BCUT2D eigenvalue weighted by Crippen LogP contribution is -2.29. The molecule has 2 aromatic rings. The molecule has 21 heavy (non-hydrogen) atoms. The topological polar surface area (TPSA) is 12.5 Å². The molecule has 1 fully saturated rings. The van der Waals surface area contributed by atoms with E-state index in [0.29, 0.717) is 11.7 Å². The fraction of sp³-hybridized carbons (Fsp3) is 0.333. The van der Waals surface area contributed by atoms with Gasteiger partial charge in [0, 0.05) is 6.07 Å². The van der Waals surface area contributed by atoms with Crippen molar-refractivity contribution in [2.75, 3.05) is 20.1 Å². The molecule has 0 aliphatic carbocycles. The van der Waals surface area contributed by atoms with Gasteiger partial charge < -0.3 is 9.64 Å². The van der Waals surface area contributed by atoms with Crippen LogP contribution in [0.5, 0.6) is 11.5 Å². The van der Waals surface area contributed by atoms with E-state index in [-0.39, 0.29) is 5.82 Å². The number of para-hydroxylation sites is 1. The van der Waals surface area contributed by atoms with Gasteiger partial charge in [-0.05, 0) is 62.7 Å². The van der Waals surface area contributed by atoms with E-state index in [0.717, 1.165) is 31.7 Å². The minimum Gasteiger partial charge on any atom is -0.457 e. The fourth-order valence-electron chi connectivity index (χ4n) is 2.89. The standard InChI is InChI=1S/C18H20FNO/c1-20-11-9-14(10-12-20)17-7-2-3-8-18(17)21-16-6-4-5-15(19)13-16/h2-8,13-14H,9-12H2,1H3. The number of nitrogens with zero attached hydrogens (tertiary/aromatic N) is 1. The average molecular weight is 285 g/mol. The molecule has 110 valence electrons. The number of rotatable bonds is 3. The maximum Gasteiger partial charge on any atom is 0.130 e. The van der Waals surface area contributed by atoms with Gasteiger partial charge in [0.1, 0.15) is 17.3 Å². The highest BCUT2D eigenvalue weighted by Crippen LogP contribution is 2.36. The van der Waals surface area contributed by atoms with Crippen molar-refractivity contribution in [3.05, 3.63) is 59.9 Å². The lowest BCUT2D eigenvalue weighted by molar-refractivity contribution is 0.253. The maximum atomic E-state index is 13.3. The summed E-state index contributed by atoms with van der Waals surface area (Å²) in [5.41, 5.74) is 1.23. The monoisotopic (exact) mass is 285 g/mol. The van der Waals surface area contributed by atoms with E-state index in [1.165, 1.54) is 17.7 Å². The van der Waals surface area contributed by atoms with Crippen LogP contribution in [0.2, 0.25) is 0 Å². The molecule has 1 heterocycles. The molecule has 0 amide bonds. The zero-order valence-electron chi connectivity index (χ0n) is 12.3. The molecule has 0 radical (unpaired) electrons. The van der Waals surface area contributed by atoms with Gasteiger partial charge in [-0.2, -0.15) is 0 Å². The van der Waals surface area contributed by atoms with E-state index >= 15 is 0 Å². The molecule has 0 N–H and O–H groups in total. The first-order valence-electron chi connectivity index (χ1n) is 7.43. The molecule has 0 saturated carbocycles. The van der Waals surface area contributed by atoms with E-state index in [4.69, 9.17) is 4.74 Å². The largest absolute Gasteiger partial charge is 0.457 e. The maximum absolute atomic E-state index is 13.3. The van der Waals surface area contributed by atoms with E-state index in [1.54, 1.807) is 12.1 Å². The van der Waals surface area contributed by atoms with Gasteiger partial charge in [-0.25, -0.2) is 4.39 Å². The average Bonchev–Trinajstić information content (AvgIpc) is 2.49. The molecule has 0 aromatic heterocycles. The molecule has 0 bridgehead atoms. The molecule has 3 heteroatoms. The number of likely N-dealkylation sites (tertiary alicyclic amines) is 1. The Labute approximate surface area is 125 Å². The van der Waals surface area contributed by atoms with Crippen molar-refractivity contribution in [3.63, 3.8) is 0 Å². The molecule has 0 spiro atoms. The van der Waals surface area contributed by atoms with Gasteiger partial charge in [0.25, 0.3) is 0 Å². The van der Waals surface area contributed by atoms with Gasteiger partial charge in [0.15, 0.2) is 0 Å². The quantitative estimate of drug-likeness (QED) is 0.827. The third kappa shape index (κ3) is 3.42. The minimum absolute atomic E-state index is 0.274. The Hall–Kier alpha value is -1.87. The summed E-state index contributed by atoms with van der Waals surface area (Å²) in [5, 5.41) is 0. The Morgan fingerprint density at radius 2 is 1.81 bits per heavy atom. The highest BCUT2D eigenvalue weighted by Gasteiger charge is 2.21. The number of hydrogen-bond acceptors (Lipinski definition) is 2. The normalized spacial score (nSPS) is 16.9. The van der Waals surface area contributed by atoms with Crippen molar-refractivity contribution in [1.82, 2.24) is 4.90 Å². The van der Waals surface area contributed by atoms with Crippen LogP contribution in [0.3, 0.4) is 0 Å². The summed E-state index contributed by atoms with van der Waals surface area (Å²) in [4.78, 5) is 2.35. The predicted octanol–water partition coefficient (Wildman–Crippen LogP) is 4.43. The first-order chi connectivity index (χ1) is 10.2. The Morgan fingerprint density at radius 3 is 2.57 bits per heavy atom. The van der Waals surface area contributed by atoms with Gasteiger partial charge in [0.2, 0.25) is 0 Å². The molecular weight excluding hydrogens is 265 g/mol. The highest BCUT2D eigenvalue weighted by molar-refractivity contribution is 5.40. The van der Waals surface area contributed by atoms with Gasteiger partial charge >= 0.3 is 0 Å². The van der Waals surface area contributed by atoms with Gasteiger partial charge in [-0.15, -0.1) is 0 Å². The van der Waals surface area contributed by atoms with E-state index < -0.39 is 0 Å². The number of ether oxygens (including phenoxy) is 1. The SMILES string of the molecule is CN1CCC(c2ccccc2Oc2cccc(F)c2)CC1. The van der Waals surface area contributed by atoms with Gasteiger partial charge in [-0.3, -0.25) is 0 Å². The lowest BCUT2D eigenvalue weighted by atomic mass is 9.89. The van der Waals surface area contributed by atoms with Crippen molar-refractivity contribution < 1.29 is 9.13 Å². The number of piperidine rings is 1. The third-order valence-electron chi connectivity index (χ3n) is 4.10. The van der Waals surface area contributed by atoms with Crippen LogP contribution in [-0.2, 0) is 0 Å². The molecular formula is C18H20FNO. The van der Waals surface area contributed by atoms with Gasteiger partial charge in [-0.1, -0.05) is 24.3 Å². The number of benzene rings is 2. The van der Waals surface area contributed by atoms with Crippen LogP contribution >= 0.6 is 0 Å². The summed E-state index contributed by atoms with van der Waals surface area (Å²) in [5.74, 6) is 1.64. The highest BCUT2D eigenvalue weighted by atomic mass is 19.1. The molecule has 0 unspecified atom stereocenters. The predicted molar refractivity (Wildman–Crippen MR) is 82.4 cm³/mol. The second-order valence-electron chi connectivity index (χ2n) is 5.67. The second kappa shape index (κ2) is 6.27. The lowest BCUT2D eigenvalue weighted by Gasteiger charge is -2.30. The summed E-state index contributed by atoms with van der Waals surface area (Å²) in [6.45, 7) is 2.22. The number of halogens is 1. The summed E-state index contributed by atoms with van der Waals surface area (Å²) >= 11 is 0. The molecule has 1 aliphatic rings. The molecule has 1 aliphatic heterocycles. The zero-order chi connectivity index (χ0) is 14.7. The Bertz CT molecular complexity index is 606. The smallest absolute Gasteiger partial charge is 0.130 e. The fourth-order valence-corrected chi connectivity index (χ4v) is 2.89. The summed E-state index contributed by atoms with van der Waals surface area (Å²) in [6.07, 6.45) is 2.28. The van der Waals surface area contributed by atoms with Crippen LogP contribution in [0.4, 0.5) is 4.39 Å². The van der Waals surface area contributed by atoms with E-state index in [1.807, 2.05) is 18.2 Å². The summed E-state index contributed by atoms with van der Waals surface area (Å²) < 4.78 is 19.2. The molecule has 1 saturated heterocycles. The van der Waals surface area contributed by atoms with Crippen LogP contribution in [0.1, 0.15) is 24.3 Å². The van der Waals surface area contributed by atoms with Crippen LogP contribution in [-0.4, -0.2) is 25.0 Å². The van der Waals surface area contributed by atoms with Crippen molar-refractivity contribution in [1.29, 1.82) is 0 Å². The summed E-state index contributed by atoms with van der Waals surface area (Å²) in [6, 6.07) is 14.4. The third-order valence-corrected chi connectivity index (χ3v) is 4.10. The van der Waals surface area contributed by atoms with Crippen LogP contribution in [0, 0.1) is 5.82 Å². The van der Waals surface area contributed by atoms with E-state index in [2.05, 4.69) is 18.0 Å². The van der Waals surface area contributed by atoms with Gasteiger partial charge in [0.05, 0.1) is 0 Å². The van der Waals surface area contributed by atoms with Crippen LogP contribution < -0.4 is 4.74 Å². The Balaban J connectivity index is 1.82. The molecule has 0 atom stereocenters. The molecule has 3 rings (SSSR count). The Morgan fingerprint density at radius 1 is 1.05 bits per heavy atom. The van der Waals surface area contributed by atoms with Crippen molar-refractivity contribution in [2.45, 2.75) is 18.8 Å². The van der Waals surface area contributed by atoms with Crippen molar-refractivity contribution in [3.8, 4) is 11.5 Å². The zero-order valence-corrected chi connectivity index (χ0v) is 12.3. The first kappa shape index (κ1) is 14.1. The first-order valence-corrected chi connectivity index (χ1v) is 7.43. The van der Waals surface area contributed by atoms with Crippen LogP contribution in [0.25, 0.3) is 0 Å². The minimum atomic E-state index is -0.274. The van der Waals surface area contributed by atoms with Crippen molar-refractivity contribution >= 4 is 0 Å². The van der Waals surface area contributed by atoms with Crippen LogP contribution in [0.15, 0.2) is 48.5 Å². The number of hydrogen-bond donors (Lipinski definition) is 0. The Kier molecular flexibility index (Phi) is 4.20. The molecule has 2 aromatic carbocycles. The molecule has 2 nitrogen and oxygen atoms in total.